The molecule has 0 aliphatic carbocycles. The molecule has 0 radical (unpaired) electrons. The topological polar surface area (TPSA) is 75.2 Å². The van der Waals surface area contributed by atoms with Crippen molar-refractivity contribution in [2.45, 2.75) is 6.92 Å². The second-order valence-corrected chi connectivity index (χ2v) is 5.78. The summed E-state index contributed by atoms with van der Waals surface area (Å²) in [6, 6.07) is 17.1. The molecule has 0 aliphatic heterocycles. The van der Waals surface area contributed by atoms with Gasteiger partial charge in [0.1, 0.15) is 17.6 Å². The molecule has 0 bridgehead atoms. The van der Waals surface area contributed by atoms with Crippen LogP contribution in [-0.4, -0.2) is 14.4 Å². The van der Waals surface area contributed by atoms with E-state index in [1.54, 1.807) is 43.0 Å². The van der Waals surface area contributed by atoms with Gasteiger partial charge in [-0.15, -0.1) is 0 Å². The van der Waals surface area contributed by atoms with Gasteiger partial charge in [-0.25, -0.2) is 9.97 Å². The molecule has 0 aliphatic rings. The van der Waals surface area contributed by atoms with Crippen molar-refractivity contribution in [3.8, 4) is 17.7 Å². The molecule has 2 heterocycles. The number of nitriles is 1. The molecule has 6 nitrogen and oxygen atoms in total. The van der Waals surface area contributed by atoms with Gasteiger partial charge < -0.3 is 10.1 Å². The zero-order chi connectivity index (χ0) is 17.9. The van der Waals surface area contributed by atoms with Gasteiger partial charge in [-0.1, -0.05) is 24.3 Å². The van der Waals surface area contributed by atoms with Gasteiger partial charge in [-0.05, 0) is 36.8 Å². The average molecular weight is 341 g/mol. The smallest absolute Gasteiger partial charge is 0.224 e. The Morgan fingerprint density at radius 1 is 1.12 bits per heavy atom. The molecule has 0 amide bonds. The predicted molar refractivity (Wildman–Crippen MR) is 98.7 cm³/mol. The third kappa shape index (κ3) is 2.94. The van der Waals surface area contributed by atoms with E-state index in [1.807, 2.05) is 35.6 Å². The number of aromatic nitrogens is 3. The van der Waals surface area contributed by atoms with Crippen LogP contribution < -0.4 is 10.1 Å². The lowest BCUT2D eigenvalue weighted by molar-refractivity contribution is 0.453. The minimum absolute atomic E-state index is 0.517. The number of aryl methyl sites for hydroxylation is 1. The van der Waals surface area contributed by atoms with E-state index < -0.39 is 0 Å². The van der Waals surface area contributed by atoms with Crippen molar-refractivity contribution >= 4 is 17.0 Å². The maximum Gasteiger partial charge on any atom is 0.224 e. The lowest BCUT2D eigenvalue weighted by Gasteiger charge is -2.12. The summed E-state index contributed by atoms with van der Waals surface area (Å²) < 4.78 is 7.72. The fourth-order valence-corrected chi connectivity index (χ4v) is 2.66. The lowest BCUT2D eigenvalue weighted by Crippen LogP contribution is -2.01. The fraction of sp³-hybridized carbons (Fsp3) is 0.0500. The standard InChI is InChI=1S/C20H15N5O/c1-14-5-2-3-8-17(14)24-20-18-11-22-13-25(18)19(12-23-20)26-16-7-4-6-15(9-16)10-21/h2-9,11-13H,1H3,(H,23,24). The molecular weight excluding hydrogens is 326 g/mol. The summed E-state index contributed by atoms with van der Waals surface area (Å²) in [5.41, 5.74) is 3.44. The number of hydrogen-bond acceptors (Lipinski definition) is 5. The minimum atomic E-state index is 0.517. The van der Waals surface area contributed by atoms with E-state index in [9.17, 15) is 0 Å². The van der Waals surface area contributed by atoms with Crippen LogP contribution in [0.15, 0.2) is 67.3 Å². The molecule has 4 rings (SSSR count). The van der Waals surface area contributed by atoms with Crippen LogP contribution in [0, 0.1) is 18.3 Å². The first-order valence-corrected chi connectivity index (χ1v) is 8.06. The molecule has 0 saturated carbocycles. The molecule has 0 unspecified atom stereocenters. The normalized spacial score (nSPS) is 10.5. The van der Waals surface area contributed by atoms with Gasteiger partial charge in [-0.2, -0.15) is 5.26 Å². The molecule has 0 atom stereocenters. The summed E-state index contributed by atoms with van der Waals surface area (Å²) in [6.07, 6.45) is 5.03. The van der Waals surface area contributed by atoms with E-state index in [-0.39, 0.29) is 0 Å². The van der Waals surface area contributed by atoms with Crippen molar-refractivity contribution in [2.75, 3.05) is 5.32 Å². The first-order valence-electron chi connectivity index (χ1n) is 8.06. The van der Waals surface area contributed by atoms with Crippen LogP contribution in [0.5, 0.6) is 11.6 Å². The molecule has 0 fully saturated rings. The predicted octanol–water partition coefficient (Wildman–Crippen LogP) is 4.45. The van der Waals surface area contributed by atoms with Crippen LogP contribution in [0.25, 0.3) is 5.52 Å². The Balaban J connectivity index is 1.70. The SMILES string of the molecule is Cc1ccccc1Nc1ncc(Oc2cccc(C#N)c2)n2cncc12. The lowest BCUT2D eigenvalue weighted by atomic mass is 10.2. The van der Waals surface area contributed by atoms with E-state index in [2.05, 4.69) is 21.4 Å². The van der Waals surface area contributed by atoms with E-state index >= 15 is 0 Å². The Bertz CT molecular complexity index is 1130. The quantitative estimate of drug-likeness (QED) is 0.594. The van der Waals surface area contributed by atoms with Gasteiger partial charge >= 0.3 is 0 Å². The Morgan fingerprint density at radius 2 is 2.00 bits per heavy atom. The van der Waals surface area contributed by atoms with Crippen LogP contribution in [0.2, 0.25) is 0 Å². The third-order valence-corrected chi connectivity index (χ3v) is 4.01. The second kappa shape index (κ2) is 6.57. The average Bonchev–Trinajstić information content (AvgIpc) is 3.16. The molecular formula is C20H15N5O. The monoisotopic (exact) mass is 341 g/mol. The first-order chi connectivity index (χ1) is 12.7. The summed E-state index contributed by atoms with van der Waals surface area (Å²) in [6.45, 7) is 2.04. The zero-order valence-electron chi connectivity index (χ0n) is 14.0. The minimum Gasteiger partial charge on any atom is -0.439 e. The fourth-order valence-electron chi connectivity index (χ4n) is 2.66. The van der Waals surface area contributed by atoms with Crippen molar-refractivity contribution in [1.29, 1.82) is 5.26 Å². The molecule has 4 aromatic rings. The van der Waals surface area contributed by atoms with Gasteiger partial charge in [0.2, 0.25) is 5.88 Å². The molecule has 126 valence electrons. The van der Waals surface area contributed by atoms with Crippen LogP contribution in [0.3, 0.4) is 0 Å². The summed E-state index contributed by atoms with van der Waals surface area (Å²) >= 11 is 0. The number of ether oxygens (including phenoxy) is 1. The number of nitrogens with one attached hydrogen (secondary N) is 1. The zero-order valence-corrected chi connectivity index (χ0v) is 14.0. The summed E-state index contributed by atoms with van der Waals surface area (Å²) in [5, 5.41) is 12.4. The number of benzene rings is 2. The second-order valence-electron chi connectivity index (χ2n) is 5.78. The molecule has 26 heavy (non-hydrogen) atoms. The summed E-state index contributed by atoms with van der Waals surface area (Å²) in [5.74, 6) is 1.78. The maximum absolute atomic E-state index is 9.02. The highest BCUT2D eigenvalue weighted by atomic mass is 16.5. The molecule has 2 aromatic carbocycles. The van der Waals surface area contributed by atoms with E-state index in [4.69, 9.17) is 10.00 Å². The number of rotatable bonds is 4. The molecule has 0 saturated heterocycles. The van der Waals surface area contributed by atoms with Gasteiger partial charge in [0.25, 0.3) is 0 Å². The van der Waals surface area contributed by atoms with Crippen molar-refractivity contribution in [1.82, 2.24) is 14.4 Å². The number of para-hydroxylation sites is 1. The third-order valence-electron chi connectivity index (χ3n) is 4.01. The van der Waals surface area contributed by atoms with Gasteiger partial charge in [0, 0.05) is 5.69 Å². The van der Waals surface area contributed by atoms with Crippen molar-refractivity contribution in [2.24, 2.45) is 0 Å². The van der Waals surface area contributed by atoms with Crippen molar-refractivity contribution in [3.05, 3.63) is 78.4 Å². The Labute approximate surface area is 150 Å². The molecule has 1 N–H and O–H groups in total. The Morgan fingerprint density at radius 3 is 2.85 bits per heavy atom. The van der Waals surface area contributed by atoms with Crippen molar-refractivity contribution in [3.63, 3.8) is 0 Å². The highest BCUT2D eigenvalue weighted by Gasteiger charge is 2.11. The molecule has 0 spiro atoms. The van der Waals surface area contributed by atoms with Gasteiger partial charge in [-0.3, -0.25) is 4.40 Å². The van der Waals surface area contributed by atoms with Crippen LogP contribution >= 0.6 is 0 Å². The van der Waals surface area contributed by atoms with Gasteiger partial charge in [0.05, 0.1) is 24.0 Å². The van der Waals surface area contributed by atoms with Crippen LogP contribution in [0.4, 0.5) is 11.5 Å². The highest BCUT2D eigenvalue weighted by molar-refractivity contribution is 5.74. The molecule has 6 heteroatoms. The molecule has 2 aromatic heterocycles. The van der Waals surface area contributed by atoms with Gasteiger partial charge in [0.15, 0.2) is 5.82 Å². The number of fused-ring (bicyclic) bond motifs is 1. The Kier molecular flexibility index (Phi) is 3.96. The highest BCUT2D eigenvalue weighted by Crippen LogP contribution is 2.28. The van der Waals surface area contributed by atoms with Crippen molar-refractivity contribution < 1.29 is 4.74 Å². The number of anilines is 2. The van der Waals surface area contributed by atoms with E-state index in [0.717, 1.165) is 16.8 Å². The van der Waals surface area contributed by atoms with E-state index in [0.29, 0.717) is 23.0 Å². The summed E-state index contributed by atoms with van der Waals surface area (Å²) in [4.78, 5) is 8.70. The largest absolute Gasteiger partial charge is 0.439 e. The Hall–Kier alpha value is -3.85. The number of hydrogen-bond donors (Lipinski definition) is 1. The van der Waals surface area contributed by atoms with Crippen LogP contribution in [-0.2, 0) is 0 Å². The maximum atomic E-state index is 9.02. The number of imidazole rings is 1. The summed E-state index contributed by atoms with van der Waals surface area (Å²) in [7, 11) is 0. The first kappa shape index (κ1) is 15.7. The van der Waals surface area contributed by atoms with E-state index in [1.165, 1.54) is 0 Å². The van der Waals surface area contributed by atoms with Crippen LogP contribution in [0.1, 0.15) is 11.1 Å². The number of nitrogens with zero attached hydrogens (tertiary/aromatic N) is 4.